The maximum atomic E-state index is 12.0. The Balaban J connectivity index is 1.68. The summed E-state index contributed by atoms with van der Waals surface area (Å²) in [6.45, 7) is 0. The van der Waals surface area contributed by atoms with Gasteiger partial charge in [0.15, 0.2) is 5.82 Å². The lowest BCUT2D eigenvalue weighted by Crippen LogP contribution is -2.08. The van der Waals surface area contributed by atoms with Gasteiger partial charge in [0.1, 0.15) is 0 Å². The molecule has 7 heteroatoms. The molecule has 0 aliphatic rings. The van der Waals surface area contributed by atoms with Crippen LogP contribution in [-0.4, -0.2) is 20.7 Å². The zero-order valence-electron chi connectivity index (χ0n) is 12.4. The molecule has 5 nitrogen and oxygen atoms in total. The summed E-state index contributed by atoms with van der Waals surface area (Å²) >= 11 is 12.1. The van der Waals surface area contributed by atoms with Crippen LogP contribution < -0.4 is 5.32 Å². The Bertz CT molecular complexity index is 854. The molecule has 1 aromatic carbocycles. The number of carbonyl (C=O) groups is 1. The number of amides is 1. The van der Waals surface area contributed by atoms with E-state index in [-0.39, 0.29) is 5.91 Å². The third kappa shape index (κ3) is 3.82. The third-order valence-electron chi connectivity index (χ3n) is 3.16. The van der Waals surface area contributed by atoms with Crippen molar-refractivity contribution in [1.29, 1.82) is 0 Å². The summed E-state index contributed by atoms with van der Waals surface area (Å²) in [5.41, 5.74) is 1.17. The van der Waals surface area contributed by atoms with Crippen LogP contribution in [0.25, 0.3) is 11.9 Å². The highest BCUT2D eigenvalue weighted by Gasteiger charge is 2.04. The van der Waals surface area contributed by atoms with Crippen LogP contribution >= 0.6 is 23.2 Å². The highest BCUT2D eigenvalue weighted by Crippen LogP contribution is 2.25. The molecule has 0 aliphatic carbocycles. The largest absolute Gasteiger partial charge is 0.321 e. The van der Waals surface area contributed by atoms with Crippen molar-refractivity contribution >= 4 is 40.9 Å². The summed E-state index contributed by atoms with van der Waals surface area (Å²) in [4.78, 5) is 16.2. The van der Waals surface area contributed by atoms with Crippen molar-refractivity contribution in [1.82, 2.24) is 14.8 Å². The number of pyridine rings is 1. The van der Waals surface area contributed by atoms with E-state index in [0.29, 0.717) is 27.1 Å². The summed E-state index contributed by atoms with van der Waals surface area (Å²) in [5, 5.41) is 7.77. The van der Waals surface area contributed by atoms with Gasteiger partial charge in [0, 0.05) is 34.1 Å². The van der Waals surface area contributed by atoms with Crippen LogP contribution in [0.15, 0.2) is 61.1 Å². The number of hydrogen-bond donors (Lipinski definition) is 1. The monoisotopic (exact) mass is 358 g/mol. The fraction of sp³-hybridized carbons (Fsp3) is 0. The van der Waals surface area contributed by atoms with Crippen molar-refractivity contribution in [3.63, 3.8) is 0 Å². The Hall–Kier alpha value is -2.63. The van der Waals surface area contributed by atoms with Crippen LogP contribution in [0.4, 0.5) is 5.69 Å². The molecule has 2 aromatic heterocycles. The summed E-state index contributed by atoms with van der Waals surface area (Å²) in [7, 11) is 0. The molecule has 0 saturated carbocycles. The summed E-state index contributed by atoms with van der Waals surface area (Å²) < 4.78 is 1.63. The molecule has 0 atom stereocenters. The van der Waals surface area contributed by atoms with Crippen molar-refractivity contribution in [3.8, 4) is 5.82 Å². The molecular formula is C17H12Cl2N4O. The molecule has 1 amide bonds. The molecule has 1 N–H and O–H groups in total. The quantitative estimate of drug-likeness (QED) is 0.710. The lowest BCUT2D eigenvalue weighted by Gasteiger charge is -2.04. The minimum absolute atomic E-state index is 0.306. The highest BCUT2D eigenvalue weighted by atomic mass is 35.5. The first-order valence-corrected chi connectivity index (χ1v) is 7.78. The molecule has 3 aromatic rings. The van der Waals surface area contributed by atoms with Crippen molar-refractivity contribution < 1.29 is 4.79 Å². The standard InChI is InChI=1S/C17H12Cl2N4O/c18-14-3-1-4-15(19)13(14)6-8-17(24)22-12-5-7-16(20-11-12)23-10-2-9-21-23/h1-11H,(H,22,24). The number of benzene rings is 1. The van der Waals surface area contributed by atoms with Crippen LogP contribution in [0.5, 0.6) is 0 Å². The maximum absolute atomic E-state index is 12.0. The molecule has 0 radical (unpaired) electrons. The minimum atomic E-state index is -0.306. The number of aromatic nitrogens is 3. The predicted molar refractivity (Wildman–Crippen MR) is 95.5 cm³/mol. The highest BCUT2D eigenvalue weighted by molar-refractivity contribution is 6.37. The molecule has 2 heterocycles. The average molecular weight is 359 g/mol. The van der Waals surface area contributed by atoms with Crippen LogP contribution in [0.2, 0.25) is 10.0 Å². The van der Waals surface area contributed by atoms with Gasteiger partial charge in [-0.3, -0.25) is 4.79 Å². The van der Waals surface area contributed by atoms with E-state index in [0.717, 1.165) is 0 Å². The summed E-state index contributed by atoms with van der Waals surface area (Å²) in [6.07, 6.45) is 7.96. The molecule has 0 spiro atoms. The van der Waals surface area contributed by atoms with Gasteiger partial charge < -0.3 is 5.32 Å². The summed E-state index contributed by atoms with van der Waals surface area (Å²) in [5.74, 6) is 0.357. The van der Waals surface area contributed by atoms with Crippen LogP contribution in [-0.2, 0) is 4.79 Å². The van der Waals surface area contributed by atoms with Gasteiger partial charge in [0.05, 0.1) is 11.9 Å². The number of nitrogens with one attached hydrogen (secondary N) is 1. The van der Waals surface area contributed by atoms with Crippen molar-refractivity contribution in [2.75, 3.05) is 5.32 Å². The average Bonchev–Trinajstić information content (AvgIpc) is 3.09. The van der Waals surface area contributed by atoms with Crippen LogP contribution in [0, 0.1) is 0 Å². The van der Waals surface area contributed by atoms with Gasteiger partial charge in [-0.1, -0.05) is 29.3 Å². The van der Waals surface area contributed by atoms with Crippen molar-refractivity contribution in [2.45, 2.75) is 0 Å². The van der Waals surface area contributed by atoms with E-state index >= 15 is 0 Å². The van der Waals surface area contributed by atoms with Gasteiger partial charge in [-0.05, 0) is 36.4 Å². The van der Waals surface area contributed by atoms with E-state index in [1.807, 2.05) is 6.07 Å². The maximum Gasteiger partial charge on any atom is 0.248 e. The molecule has 120 valence electrons. The van der Waals surface area contributed by atoms with Gasteiger partial charge in [-0.25, -0.2) is 9.67 Å². The molecule has 3 rings (SSSR count). The first kappa shape index (κ1) is 16.2. The van der Waals surface area contributed by atoms with Crippen molar-refractivity contribution in [3.05, 3.63) is 76.7 Å². The van der Waals surface area contributed by atoms with Gasteiger partial charge in [0.25, 0.3) is 0 Å². The molecular weight excluding hydrogens is 347 g/mol. The van der Waals surface area contributed by atoms with Gasteiger partial charge in [-0.2, -0.15) is 5.10 Å². The van der Waals surface area contributed by atoms with E-state index in [1.165, 1.54) is 6.08 Å². The van der Waals surface area contributed by atoms with Gasteiger partial charge in [0.2, 0.25) is 5.91 Å². The SMILES string of the molecule is O=C(C=Cc1c(Cl)cccc1Cl)Nc1ccc(-n2cccn2)nc1. The predicted octanol–water partition coefficient (Wildman–Crippen LogP) is 4.23. The number of nitrogens with zero attached hydrogens (tertiary/aromatic N) is 3. The fourth-order valence-electron chi connectivity index (χ4n) is 2.01. The Morgan fingerprint density at radius 1 is 1.12 bits per heavy atom. The zero-order valence-corrected chi connectivity index (χ0v) is 13.9. The first-order chi connectivity index (χ1) is 11.6. The van der Waals surface area contributed by atoms with E-state index in [2.05, 4.69) is 15.4 Å². The van der Waals surface area contributed by atoms with Crippen LogP contribution in [0.3, 0.4) is 0 Å². The molecule has 0 fully saturated rings. The lowest BCUT2D eigenvalue weighted by molar-refractivity contribution is -0.111. The normalized spacial score (nSPS) is 10.9. The third-order valence-corrected chi connectivity index (χ3v) is 3.81. The Kier molecular flexibility index (Phi) is 4.93. The smallest absolute Gasteiger partial charge is 0.248 e. The van der Waals surface area contributed by atoms with E-state index in [1.54, 1.807) is 59.7 Å². The number of carbonyl (C=O) groups excluding carboxylic acids is 1. The Morgan fingerprint density at radius 2 is 1.92 bits per heavy atom. The molecule has 0 aliphatic heterocycles. The second-order valence-electron chi connectivity index (χ2n) is 4.81. The van der Waals surface area contributed by atoms with Crippen molar-refractivity contribution in [2.24, 2.45) is 0 Å². The second kappa shape index (κ2) is 7.29. The Labute approximate surface area is 148 Å². The summed E-state index contributed by atoms with van der Waals surface area (Å²) in [6, 6.07) is 10.5. The van der Waals surface area contributed by atoms with E-state index in [4.69, 9.17) is 23.2 Å². The molecule has 0 bridgehead atoms. The molecule has 0 unspecified atom stereocenters. The zero-order chi connectivity index (χ0) is 16.9. The second-order valence-corrected chi connectivity index (χ2v) is 5.63. The number of hydrogen-bond acceptors (Lipinski definition) is 3. The number of rotatable bonds is 4. The van der Waals surface area contributed by atoms with Crippen LogP contribution in [0.1, 0.15) is 5.56 Å². The number of anilines is 1. The first-order valence-electron chi connectivity index (χ1n) is 7.02. The van der Waals surface area contributed by atoms with E-state index < -0.39 is 0 Å². The lowest BCUT2D eigenvalue weighted by atomic mass is 10.2. The molecule has 24 heavy (non-hydrogen) atoms. The van der Waals surface area contributed by atoms with Gasteiger partial charge >= 0.3 is 0 Å². The van der Waals surface area contributed by atoms with E-state index in [9.17, 15) is 4.79 Å². The Morgan fingerprint density at radius 3 is 2.54 bits per heavy atom. The van der Waals surface area contributed by atoms with Gasteiger partial charge in [-0.15, -0.1) is 0 Å². The fourth-order valence-corrected chi connectivity index (χ4v) is 2.54. The topological polar surface area (TPSA) is 59.8 Å². The number of halogens is 2. The molecule has 0 saturated heterocycles. The minimum Gasteiger partial charge on any atom is -0.321 e.